The van der Waals surface area contributed by atoms with Crippen LogP contribution in [0.1, 0.15) is 16.7 Å². The minimum atomic E-state index is -3.62. The molecule has 23 heavy (non-hydrogen) atoms. The van der Waals surface area contributed by atoms with Crippen LogP contribution in [0.25, 0.3) is 17.0 Å². The Morgan fingerprint density at radius 3 is 2.52 bits per heavy atom. The third-order valence-corrected chi connectivity index (χ3v) is 5.28. The van der Waals surface area contributed by atoms with Gasteiger partial charge in [0.15, 0.2) is 0 Å². The maximum atomic E-state index is 12.8. The van der Waals surface area contributed by atoms with Gasteiger partial charge in [0, 0.05) is 11.6 Å². The molecule has 1 aromatic heterocycles. The summed E-state index contributed by atoms with van der Waals surface area (Å²) in [5.74, 6) is -0.124. The fourth-order valence-corrected chi connectivity index (χ4v) is 4.08. The molecule has 0 saturated carbocycles. The molecule has 0 aliphatic heterocycles. The summed E-state index contributed by atoms with van der Waals surface area (Å²) in [5, 5.41) is 10.0. The van der Waals surface area contributed by atoms with Gasteiger partial charge in [-0.05, 0) is 23.3 Å². The van der Waals surface area contributed by atoms with Gasteiger partial charge in [0.1, 0.15) is 6.07 Å². The fourth-order valence-electron chi connectivity index (χ4n) is 2.61. The fraction of sp³-hybridized carbons (Fsp3) is 0.0556. The zero-order valence-corrected chi connectivity index (χ0v) is 13.1. The second kappa shape index (κ2) is 5.75. The number of rotatable bonds is 4. The molecule has 0 spiro atoms. The van der Waals surface area contributed by atoms with Gasteiger partial charge in [0.2, 0.25) is 10.0 Å². The normalized spacial score (nSPS) is 11.3. The third kappa shape index (κ3) is 2.65. The topological polar surface area (TPSA) is 62.9 Å². The number of nitrogens with zero attached hydrogens (tertiary/aromatic N) is 2. The molecule has 0 atom stereocenters. The molecule has 4 nitrogen and oxygen atoms in total. The molecular weight excluding hydrogens is 308 g/mol. The van der Waals surface area contributed by atoms with Crippen LogP contribution in [-0.2, 0) is 15.8 Å². The summed E-state index contributed by atoms with van der Waals surface area (Å²) in [5.41, 5.74) is 2.23. The molecule has 0 radical (unpaired) electrons. The monoisotopic (exact) mass is 322 g/mol. The Labute approximate surface area is 135 Å². The molecule has 3 rings (SSSR count). The molecule has 0 bridgehead atoms. The van der Waals surface area contributed by atoms with Crippen LogP contribution in [0, 0.1) is 11.3 Å². The highest BCUT2D eigenvalue weighted by Crippen LogP contribution is 2.27. The maximum Gasteiger partial charge on any atom is 0.243 e. The van der Waals surface area contributed by atoms with E-state index >= 15 is 0 Å². The van der Waals surface area contributed by atoms with E-state index in [1.807, 2.05) is 6.07 Å². The van der Waals surface area contributed by atoms with E-state index in [2.05, 4.69) is 12.6 Å². The van der Waals surface area contributed by atoms with Gasteiger partial charge in [0.05, 0.1) is 16.8 Å². The van der Waals surface area contributed by atoms with E-state index in [0.29, 0.717) is 22.0 Å². The van der Waals surface area contributed by atoms with Crippen molar-refractivity contribution in [2.75, 3.05) is 0 Å². The van der Waals surface area contributed by atoms with Crippen LogP contribution >= 0.6 is 0 Å². The molecule has 0 N–H and O–H groups in total. The van der Waals surface area contributed by atoms with E-state index in [4.69, 9.17) is 0 Å². The van der Waals surface area contributed by atoms with E-state index in [0.717, 1.165) is 5.56 Å². The number of nitriles is 1. The summed E-state index contributed by atoms with van der Waals surface area (Å²) in [4.78, 5) is 0. The summed E-state index contributed by atoms with van der Waals surface area (Å²) >= 11 is 0. The molecule has 0 fully saturated rings. The van der Waals surface area contributed by atoms with E-state index < -0.39 is 10.0 Å². The van der Waals surface area contributed by atoms with Crippen molar-refractivity contribution in [3.8, 4) is 6.07 Å². The van der Waals surface area contributed by atoms with Gasteiger partial charge in [-0.3, -0.25) is 0 Å². The zero-order valence-electron chi connectivity index (χ0n) is 12.3. The maximum absolute atomic E-state index is 12.8. The summed E-state index contributed by atoms with van der Waals surface area (Å²) in [6, 6.07) is 16.1. The van der Waals surface area contributed by atoms with Crippen LogP contribution in [0.15, 0.2) is 61.3 Å². The predicted octanol–water partition coefficient (Wildman–Crippen LogP) is 3.53. The average molecular weight is 322 g/mol. The molecule has 0 unspecified atom stereocenters. The first kappa shape index (κ1) is 15.1. The number of hydrogen-bond donors (Lipinski definition) is 0. The van der Waals surface area contributed by atoms with Crippen LogP contribution in [0.2, 0.25) is 0 Å². The zero-order chi connectivity index (χ0) is 16.4. The summed E-state index contributed by atoms with van der Waals surface area (Å²) in [6.07, 6.45) is 3.15. The molecule has 0 saturated heterocycles. The molecule has 5 heteroatoms. The Morgan fingerprint density at radius 2 is 1.87 bits per heavy atom. The van der Waals surface area contributed by atoms with Crippen LogP contribution in [0.4, 0.5) is 0 Å². The first-order valence-electron chi connectivity index (χ1n) is 7.00. The Hall–Kier alpha value is -2.84. The lowest BCUT2D eigenvalue weighted by Crippen LogP contribution is -2.14. The first-order chi connectivity index (χ1) is 11.1. The number of fused-ring (bicyclic) bond motifs is 1. The minimum absolute atomic E-state index is 0.124. The predicted molar refractivity (Wildman–Crippen MR) is 91.2 cm³/mol. The van der Waals surface area contributed by atoms with Crippen molar-refractivity contribution in [2.45, 2.75) is 5.75 Å². The van der Waals surface area contributed by atoms with Crippen molar-refractivity contribution in [2.24, 2.45) is 0 Å². The SMILES string of the molecule is C=Cc1ccc(C#N)c2c1ccn2S(=O)(=O)Cc1ccccc1. The van der Waals surface area contributed by atoms with Gasteiger partial charge >= 0.3 is 0 Å². The van der Waals surface area contributed by atoms with Crippen LogP contribution < -0.4 is 0 Å². The minimum Gasteiger partial charge on any atom is -0.243 e. The first-order valence-corrected chi connectivity index (χ1v) is 8.61. The van der Waals surface area contributed by atoms with E-state index in [9.17, 15) is 13.7 Å². The van der Waals surface area contributed by atoms with Gasteiger partial charge in [0.25, 0.3) is 0 Å². The van der Waals surface area contributed by atoms with Crippen LogP contribution in [0.5, 0.6) is 0 Å². The molecule has 0 amide bonds. The van der Waals surface area contributed by atoms with Crippen molar-refractivity contribution in [1.29, 1.82) is 5.26 Å². The van der Waals surface area contributed by atoms with Gasteiger partial charge in [-0.15, -0.1) is 0 Å². The summed E-state index contributed by atoms with van der Waals surface area (Å²) in [7, 11) is -3.62. The highest BCUT2D eigenvalue weighted by atomic mass is 32.2. The Morgan fingerprint density at radius 1 is 1.13 bits per heavy atom. The van der Waals surface area contributed by atoms with E-state index in [1.54, 1.807) is 48.5 Å². The van der Waals surface area contributed by atoms with Crippen LogP contribution in [-0.4, -0.2) is 12.4 Å². The molecular formula is C18H14N2O2S. The molecule has 0 aliphatic rings. The Bertz CT molecular complexity index is 1030. The lowest BCUT2D eigenvalue weighted by atomic mass is 10.1. The Balaban J connectivity index is 2.20. The molecule has 114 valence electrons. The van der Waals surface area contributed by atoms with Gasteiger partial charge in [-0.1, -0.05) is 49.1 Å². The summed E-state index contributed by atoms with van der Waals surface area (Å²) < 4.78 is 26.7. The van der Waals surface area contributed by atoms with Gasteiger partial charge in [-0.2, -0.15) is 5.26 Å². The van der Waals surface area contributed by atoms with Crippen LogP contribution in [0.3, 0.4) is 0 Å². The lowest BCUT2D eigenvalue weighted by molar-refractivity contribution is 0.588. The molecule has 3 aromatic rings. The van der Waals surface area contributed by atoms with Crippen molar-refractivity contribution in [3.05, 3.63) is 78.0 Å². The number of benzene rings is 2. The number of hydrogen-bond acceptors (Lipinski definition) is 3. The third-order valence-electron chi connectivity index (χ3n) is 3.68. The van der Waals surface area contributed by atoms with Crippen molar-refractivity contribution < 1.29 is 8.42 Å². The standard InChI is InChI=1S/C18H14N2O2S/c1-2-15-8-9-16(12-19)18-17(15)10-11-20(18)23(21,22)13-14-6-4-3-5-7-14/h2-11H,1,13H2. The smallest absolute Gasteiger partial charge is 0.243 e. The second-order valence-electron chi connectivity index (χ2n) is 5.13. The molecule has 2 aromatic carbocycles. The summed E-state index contributed by atoms with van der Waals surface area (Å²) in [6.45, 7) is 3.73. The second-order valence-corrected chi connectivity index (χ2v) is 6.98. The highest BCUT2D eigenvalue weighted by molar-refractivity contribution is 7.89. The lowest BCUT2D eigenvalue weighted by Gasteiger charge is -2.09. The van der Waals surface area contributed by atoms with E-state index in [1.165, 1.54) is 10.2 Å². The largest absolute Gasteiger partial charge is 0.243 e. The quantitative estimate of drug-likeness (QED) is 0.738. The van der Waals surface area contributed by atoms with Crippen molar-refractivity contribution in [1.82, 2.24) is 3.97 Å². The van der Waals surface area contributed by atoms with Gasteiger partial charge in [-0.25, -0.2) is 12.4 Å². The van der Waals surface area contributed by atoms with E-state index in [-0.39, 0.29) is 5.75 Å². The number of aromatic nitrogens is 1. The molecule has 0 aliphatic carbocycles. The van der Waals surface area contributed by atoms with Crippen molar-refractivity contribution >= 4 is 27.0 Å². The van der Waals surface area contributed by atoms with Crippen molar-refractivity contribution in [3.63, 3.8) is 0 Å². The molecule has 1 heterocycles. The highest BCUT2D eigenvalue weighted by Gasteiger charge is 2.19. The van der Waals surface area contributed by atoms with Gasteiger partial charge < -0.3 is 0 Å². The Kier molecular flexibility index (Phi) is 3.77. The average Bonchev–Trinajstić information content (AvgIpc) is 3.00.